The highest BCUT2D eigenvalue weighted by Crippen LogP contribution is 2.18. The average Bonchev–Trinajstić information content (AvgIpc) is 3.01. The summed E-state index contributed by atoms with van der Waals surface area (Å²) in [4.78, 5) is 0. The molecule has 1 N–H and O–H groups in total. The Kier molecular flexibility index (Phi) is 6.08. The lowest BCUT2D eigenvalue weighted by molar-refractivity contribution is 0.568. The average molecular weight is 273 g/mol. The maximum atomic E-state index is 5.16. The minimum atomic E-state index is 0.562. The van der Waals surface area contributed by atoms with Gasteiger partial charge >= 0.3 is 0 Å². The minimum absolute atomic E-state index is 0.562. The van der Waals surface area contributed by atoms with Crippen LogP contribution in [0.2, 0.25) is 0 Å². The zero-order valence-corrected chi connectivity index (χ0v) is 12.1. The van der Waals surface area contributed by atoms with E-state index in [1.165, 1.54) is 44.9 Å². The van der Waals surface area contributed by atoms with Crippen molar-refractivity contribution in [2.24, 2.45) is 0 Å². The third-order valence-electron chi connectivity index (χ3n) is 3.35. The van der Waals surface area contributed by atoms with Crippen molar-refractivity contribution in [3.8, 4) is 11.5 Å². The lowest BCUT2D eigenvalue weighted by Gasteiger charge is -2.06. The van der Waals surface area contributed by atoms with Crippen molar-refractivity contribution in [2.45, 2.75) is 45.4 Å². The summed E-state index contributed by atoms with van der Waals surface area (Å²) in [6, 6.07) is 8.10. The summed E-state index contributed by atoms with van der Waals surface area (Å²) in [5, 5.41) is 11.0. The standard InChI is InChI=1S/C16H23N3O/c1-2-3-4-5-6-7-12-17-15-10-8-14(9-11-15)16-19-18-13-20-16/h8-11,13,17H,2-7,12H2,1H3. The molecule has 0 saturated heterocycles. The second-order valence-electron chi connectivity index (χ2n) is 5.02. The fourth-order valence-electron chi connectivity index (χ4n) is 2.17. The van der Waals surface area contributed by atoms with Crippen molar-refractivity contribution in [3.63, 3.8) is 0 Å². The number of anilines is 1. The van der Waals surface area contributed by atoms with Gasteiger partial charge in [-0.05, 0) is 30.7 Å². The monoisotopic (exact) mass is 273 g/mol. The van der Waals surface area contributed by atoms with E-state index in [4.69, 9.17) is 4.42 Å². The topological polar surface area (TPSA) is 51.0 Å². The summed E-state index contributed by atoms with van der Waals surface area (Å²) in [6.07, 6.45) is 9.29. The molecule has 2 rings (SSSR count). The fourth-order valence-corrected chi connectivity index (χ4v) is 2.17. The van der Waals surface area contributed by atoms with Gasteiger partial charge in [-0.15, -0.1) is 10.2 Å². The number of nitrogens with one attached hydrogen (secondary N) is 1. The van der Waals surface area contributed by atoms with Crippen LogP contribution < -0.4 is 5.32 Å². The van der Waals surface area contributed by atoms with Gasteiger partial charge in [-0.25, -0.2) is 0 Å². The van der Waals surface area contributed by atoms with Crippen LogP contribution in [-0.2, 0) is 0 Å². The fraction of sp³-hybridized carbons (Fsp3) is 0.500. The van der Waals surface area contributed by atoms with Crippen molar-refractivity contribution in [1.29, 1.82) is 0 Å². The van der Waals surface area contributed by atoms with Gasteiger partial charge in [0.15, 0.2) is 0 Å². The Labute approximate surface area is 120 Å². The van der Waals surface area contributed by atoms with Crippen molar-refractivity contribution in [2.75, 3.05) is 11.9 Å². The molecule has 0 spiro atoms. The molecule has 0 bridgehead atoms. The molecule has 0 aliphatic rings. The van der Waals surface area contributed by atoms with E-state index in [9.17, 15) is 0 Å². The van der Waals surface area contributed by atoms with E-state index in [2.05, 4.69) is 34.6 Å². The molecule has 0 fully saturated rings. The highest BCUT2D eigenvalue weighted by molar-refractivity contribution is 5.57. The van der Waals surface area contributed by atoms with Crippen LogP contribution in [-0.4, -0.2) is 16.7 Å². The van der Waals surface area contributed by atoms with E-state index >= 15 is 0 Å². The molecule has 108 valence electrons. The molecule has 0 amide bonds. The summed E-state index contributed by atoms with van der Waals surface area (Å²) >= 11 is 0. The number of nitrogens with zero attached hydrogens (tertiary/aromatic N) is 2. The summed E-state index contributed by atoms with van der Waals surface area (Å²) < 4.78 is 5.16. The quantitative estimate of drug-likeness (QED) is 0.683. The molecule has 20 heavy (non-hydrogen) atoms. The second kappa shape index (κ2) is 8.35. The Balaban J connectivity index is 1.67. The zero-order valence-electron chi connectivity index (χ0n) is 12.1. The van der Waals surface area contributed by atoms with Gasteiger partial charge in [0, 0.05) is 17.8 Å². The van der Waals surface area contributed by atoms with E-state index in [0.29, 0.717) is 5.89 Å². The van der Waals surface area contributed by atoms with Crippen molar-refractivity contribution in [1.82, 2.24) is 10.2 Å². The first-order valence-electron chi connectivity index (χ1n) is 7.50. The van der Waals surface area contributed by atoms with Gasteiger partial charge in [0.1, 0.15) is 0 Å². The molecule has 0 aliphatic heterocycles. The minimum Gasteiger partial charge on any atom is -0.423 e. The molecule has 1 heterocycles. The van der Waals surface area contributed by atoms with Gasteiger partial charge in [0.2, 0.25) is 12.3 Å². The van der Waals surface area contributed by atoms with E-state index < -0.39 is 0 Å². The maximum Gasteiger partial charge on any atom is 0.247 e. The van der Waals surface area contributed by atoms with Crippen LogP contribution in [0.15, 0.2) is 35.1 Å². The third kappa shape index (κ3) is 4.68. The Hall–Kier alpha value is -1.84. The van der Waals surface area contributed by atoms with Crippen LogP contribution in [0.25, 0.3) is 11.5 Å². The molecule has 4 heteroatoms. The summed E-state index contributed by atoms with van der Waals surface area (Å²) in [5.41, 5.74) is 2.09. The van der Waals surface area contributed by atoms with Crippen molar-refractivity contribution >= 4 is 5.69 Å². The van der Waals surface area contributed by atoms with E-state index in [1.54, 1.807) is 0 Å². The van der Waals surface area contributed by atoms with Gasteiger partial charge < -0.3 is 9.73 Å². The van der Waals surface area contributed by atoms with Gasteiger partial charge in [-0.3, -0.25) is 0 Å². The predicted octanol–water partition coefficient (Wildman–Crippen LogP) is 4.51. The molecule has 0 saturated carbocycles. The van der Waals surface area contributed by atoms with Crippen molar-refractivity contribution < 1.29 is 4.42 Å². The Morgan fingerprint density at radius 2 is 1.75 bits per heavy atom. The van der Waals surface area contributed by atoms with Crippen LogP contribution in [0.5, 0.6) is 0 Å². The molecule has 0 atom stereocenters. The Morgan fingerprint density at radius 3 is 2.45 bits per heavy atom. The number of benzene rings is 1. The first-order chi connectivity index (χ1) is 9.90. The molecular weight excluding hydrogens is 250 g/mol. The lowest BCUT2D eigenvalue weighted by Crippen LogP contribution is -2.01. The molecule has 0 aliphatic carbocycles. The number of hydrogen-bond acceptors (Lipinski definition) is 4. The lowest BCUT2D eigenvalue weighted by atomic mass is 10.1. The Morgan fingerprint density at radius 1 is 1.00 bits per heavy atom. The van der Waals surface area contributed by atoms with Crippen LogP contribution in [0.1, 0.15) is 45.4 Å². The van der Waals surface area contributed by atoms with Crippen LogP contribution >= 0.6 is 0 Å². The summed E-state index contributed by atoms with van der Waals surface area (Å²) in [5.74, 6) is 0.562. The molecule has 0 unspecified atom stereocenters. The van der Waals surface area contributed by atoms with E-state index in [-0.39, 0.29) is 0 Å². The molecule has 4 nitrogen and oxygen atoms in total. The van der Waals surface area contributed by atoms with Gasteiger partial charge in [-0.2, -0.15) is 0 Å². The van der Waals surface area contributed by atoms with Crippen molar-refractivity contribution in [3.05, 3.63) is 30.7 Å². The predicted molar refractivity (Wildman–Crippen MR) is 81.6 cm³/mol. The largest absolute Gasteiger partial charge is 0.423 e. The first-order valence-corrected chi connectivity index (χ1v) is 7.50. The van der Waals surface area contributed by atoms with Crippen LogP contribution in [0, 0.1) is 0 Å². The molecule has 1 aromatic heterocycles. The van der Waals surface area contributed by atoms with Gasteiger partial charge in [0.25, 0.3) is 0 Å². The number of rotatable bonds is 9. The third-order valence-corrected chi connectivity index (χ3v) is 3.35. The second-order valence-corrected chi connectivity index (χ2v) is 5.02. The van der Waals surface area contributed by atoms with E-state index in [0.717, 1.165) is 17.8 Å². The number of unbranched alkanes of at least 4 members (excludes halogenated alkanes) is 5. The number of hydrogen-bond donors (Lipinski definition) is 1. The highest BCUT2D eigenvalue weighted by Gasteiger charge is 2.02. The molecule has 2 aromatic rings. The highest BCUT2D eigenvalue weighted by atomic mass is 16.4. The van der Waals surface area contributed by atoms with Gasteiger partial charge in [0.05, 0.1) is 0 Å². The zero-order chi connectivity index (χ0) is 14.0. The summed E-state index contributed by atoms with van der Waals surface area (Å²) in [6.45, 7) is 3.28. The molecule has 0 radical (unpaired) electrons. The number of aromatic nitrogens is 2. The maximum absolute atomic E-state index is 5.16. The van der Waals surface area contributed by atoms with Crippen LogP contribution in [0.3, 0.4) is 0 Å². The smallest absolute Gasteiger partial charge is 0.247 e. The SMILES string of the molecule is CCCCCCCCNc1ccc(-c2nnco2)cc1. The van der Waals surface area contributed by atoms with Gasteiger partial charge in [-0.1, -0.05) is 39.0 Å². The summed E-state index contributed by atoms with van der Waals surface area (Å²) in [7, 11) is 0. The van der Waals surface area contributed by atoms with E-state index in [1.807, 2.05) is 12.1 Å². The van der Waals surface area contributed by atoms with Crippen LogP contribution in [0.4, 0.5) is 5.69 Å². The normalized spacial score (nSPS) is 10.7. The first kappa shape index (κ1) is 14.6. The molecular formula is C16H23N3O. The molecule has 1 aromatic carbocycles. The Bertz CT molecular complexity index is 465.